The van der Waals surface area contributed by atoms with E-state index in [1.54, 1.807) is 38.5 Å². The van der Waals surface area contributed by atoms with Crippen LogP contribution in [0.1, 0.15) is 22.3 Å². The number of nitrogens with one attached hydrogen (secondary N) is 2. The Morgan fingerprint density at radius 3 is 2.21 bits per heavy atom. The Morgan fingerprint density at radius 2 is 1.61 bits per heavy atom. The Kier molecular flexibility index (Phi) is 7.21. The van der Waals surface area contributed by atoms with Gasteiger partial charge in [0.15, 0.2) is 11.5 Å². The van der Waals surface area contributed by atoms with Crippen LogP contribution < -0.4 is 20.1 Å². The van der Waals surface area contributed by atoms with Gasteiger partial charge in [0, 0.05) is 11.8 Å². The number of hydrogen-bond donors (Lipinski definition) is 2. The van der Waals surface area contributed by atoms with Crippen LogP contribution in [0.5, 0.6) is 11.5 Å². The van der Waals surface area contributed by atoms with E-state index in [1.165, 1.54) is 6.08 Å². The maximum Gasteiger partial charge on any atom is 0.244 e. The Balaban J connectivity index is 1.92. The molecule has 2 rings (SSSR count). The molecule has 6 heteroatoms. The summed E-state index contributed by atoms with van der Waals surface area (Å²) in [5.41, 5.74) is 4.69. The Labute approximate surface area is 165 Å². The van der Waals surface area contributed by atoms with E-state index in [4.69, 9.17) is 9.47 Å². The highest BCUT2D eigenvalue weighted by Gasteiger charge is 2.09. The molecule has 0 aromatic heterocycles. The highest BCUT2D eigenvalue weighted by molar-refractivity contribution is 5.98. The minimum Gasteiger partial charge on any atom is -0.493 e. The van der Waals surface area contributed by atoms with Gasteiger partial charge in [-0.3, -0.25) is 9.59 Å². The molecular weight excluding hydrogens is 356 g/mol. The number of rotatable bonds is 7. The molecule has 0 saturated carbocycles. The van der Waals surface area contributed by atoms with E-state index in [1.807, 2.05) is 32.9 Å². The zero-order valence-corrected chi connectivity index (χ0v) is 16.9. The number of carbonyl (C=O) groups excluding carboxylic acids is 2. The van der Waals surface area contributed by atoms with E-state index < -0.39 is 0 Å². The fraction of sp³-hybridized carbons (Fsp3) is 0.273. The van der Waals surface area contributed by atoms with Crippen molar-refractivity contribution >= 4 is 23.6 Å². The number of amides is 2. The SMILES string of the molecule is COc1ccc(/C=C/C(=O)NCC(=O)Nc2c(C)cc(C)cc2C)cc1OC. The van der Waals surface area contributed by atoms with Gasteiger partial charge in [-0.15, -0.1) is 0 Å². The lowest BCUT2D eigenvalue weighted by Gasteiger charge is -2.13. The summed E-state index contributed by atoms with van der Waals surface area (Å²) in [6, 6.07) is 9.34. The largest absolute Gasteiger partial charge is 0.493 e. The van der Waals surface area contributed by atoms with Gasteiger partial charge in [0.1, 0.15) is 0 Å². The van der Waals surface area contributed by atoms with Gasteiger partial charge in [-0.2, -0.15) is 0 Å². The van der Waals surface area contributed by atoms with Crippen molar-refractivity contribution in [2.45, 2.75) is 20.8 Å². The molecule has 0 aliphatic heterocycles. The first kappa shape index (κ1) is 21.0. The predicted molar refractivity (Wildman–Crippen MR) is 111 cm³/mol. The summed E-state index contributed by atoms with van der Waals surface area (Å²) in [7, 11) is 3.11. The molecule has 2 aromatic carbocycles. The molecule has 148 valence electrons. The molecule has 6 nitrogen and oxygen atoms in total. The zero-order chi connectivity index (χ0) is 20.7. The lowest BCUT2D eigenvalue weighted by molar-refractivity contribution is -0.121. The summed E-state index contributed by atoms with van der Waals surface area (Å²) in [4.78, 5) is 24.1. The molecule has 0 heterocycles. The van der Waals surface area contributed by atoms with Crippen LogP contribution in [0.3, 0.4) is 0 Å². The summed E-state index contributed by atoms with van der Waals surface area (Å²) < 4.78 is 10.4. The molecular formula is C22H26N2O4. The van der Waals surface area contributed by atoms with E-state index >= 15 is 0 Å². The topological polar surface area (TPSA) is 76.7 Å². The van der Waals surface area contributed by atoms with Gasteiger partial charge < -0.3 is 20.1 Å². The molecule has 2 amide bonds. The molecule has 0 aliphatic carbocycles. The minimum atomic E-state index is -0.359. The predicted octanol–water partition coefficient (Wildman–Crippen LogP) is 3.40. The van der Waals surface area contributed by atoms with Crippen LogP contribution in [-0.4, -0.2) is 32.6 Å². The summed E-state index contributed by atoms with van der Waals surface area (Å²) in [6.07, 6.45) is 3.01. The standard InChI is InChI=1S/C22H26N2O4/c1-14-10-15(2)22(16(3)11-14)24-21(26)13-23-20(25)9-7-17-6-8-18(27-4)19(12-17)28-5/h6-12H,13H2,1-5H3,(H,23,25)(H,24,26)/b9-7+. The highest BCUT2D eigenvalue weighted by Crippen LogP contribution is 2.28. The fourth-order valence-corrected chi connectivity index (χ4v) is 2.92. The summed E-state index contributed by atoms with van der Waals surface area (Å²) in [5.74, 6) is 0.556. The normalized spacial score (nSPS) is 10.6. The van der Waals surface area contributed by atoms with Crippen molar-refractivity contribution < 1.29 is 19.1 Å². The number of anilines is 1. The summed E-state index contributed by atoms with van der Waals surface area (Å²) in [6.45, 7) is 5.79. The summed E-state index contributed by atoms with van der Waals surface area (Å²) in [5, 5.41) is 5.44. The van der Waals surface area contributed by atoms with E-state index in [2.05, 4.69) is 10.6 Å². The summed E-state index contributed by atoms with van der Waals surface area (Å²) >= 11 is 0. The quantitative estimate of drug-likeness (QED) is 0.720. The maximum atomic E-state index is 12.2. The molecule has 28 heavy (non-hydrogen) atoms. The van der Waals surface area contributed by atoms with E-state index in [-0.39, 0.29) is 18.4 Å². The molecule has 0 spiro atoms. The Morgan fingerprint density at radius 1 is 0.964 bits per heavy atom. The van der Waals surface area contributed by atoms with Gasteiger partial charge >= 0.3 is 0 Å². The van der Waals surface area contributed by atoms with Crippen molar-refractivity contribution in [2.24, 2.45) is 0 Å². The van der Waals surface area contributed by atoms with E-state index in [0.29, 0.717) is 11.5 Å². The average Bonchev–Trinajstić information content (AvgIpc) is 2.67. The van der Waals surface area contributed by atoms with Crippen molar-refractivity contribution in [1.29, 1.82) is 0 Å². The average molecular weight is 382 g/mol. The third kappa shape index (κ3) is 5.61. The van der Waals surface area contributed by atoms with Crippen LogP contribution >= 0.6 is 0 Å². The van der Waals surface area contributed by atoms with E-state index in [0.717, 1.165) is 27.9 Å². The first-order chi connectivity index (χ1) is 13.3. The number of aryl methyl sites for hydroxylation is 3. The van der Waals surface area contributed by atoms with Gasteiger partial charge in [-0.25, -0.2) is 0 Å². The second-order valence-corrected chi connectivity index (χ2v) is 6.49. The van der Waals surface area contributed by atoms with Crippen molar-refractivity contribution in [3.05, 3.63) is 58.7 Å². The molecule has 0 bridgehead atoms. The van der Waals surface area contributed by atoms with Crippen molar-refractivity contribution in [2.75, 3.05) is 26.1 Å². The van der Waals surface area contributed by atoms with E-state index in [9.17, 15) is 9.59 Å². The van der Waals surface area contributed by atoms with Crippen molar-refractivity contribution in [3.63, 3.8) is 0 Å². The number of carbonyl (C=O) groups is 2. The van der Waals surface area contributed by atoms with Gasteiger partial charge in [0.05, 0.1) is 20.8 Å². The number of methoxy groups -OCH3 is 2. The fourth-order valence-electron chi connectivity index (χ4n) is 2.92. The van der Waals surface area contributed by atoms with Gasteiger partial charge in [0.25, 0.3) is 0 Å². The first-order valence-corrected chi connectivity index (χ1v) is 8.89. The molecule has 0 radical (unpaired) electrons. The molecule has 0 atom stereocenters. The van der Waals surface area contributed by atoms with Crippen molar-refractivity contribution in [3.8, 4) is 11.5 Å². The third-order valence-electron chi connectivity index (χ3n) is 4.20. The molecule has 0 saturated heterocycles. The van der Waals surface area contributed by atoms with Crippen LogP contribution in [-0.2, 0) is 9.59 Å². The van der Waals surface area contributed by atoms with Crippen molar-refractivity contribution in [1.82, 2.24) is 5.32 Å². The first-order valence-electron chi connectivity index (χ1n) is 8.89. The third-order valence-corrected chi connectivity index (χ3v) is 4.20. The lowest BCUT2D eigenvalue weighted by Crippen LogP contribution is -2.32. The van der Waals surface area contributed by atoms with Crippen LogP contribution in [0.2, 0.25) is 0 Å². The monoisotopic (exact) mass is 382 g/mol. The van der Waals surface area contributed by atoms with Gasteiger partial charge in [-0.1, -0.05) is 23.8 Å². The number of benzene rings is 2. The lowest BCUT2D eigenvalue weighted by atomic mass is 10.1. The Hall–Kier alpha value is -3.28. The maximum absolute atomic E-state index is 12.2. The Bertz CT molecular complexity index is 880. The molecule has 0 unspecified atom stereocenters. The van der Waals surface area contributed by atoms with Crippen LogP contribution in [0, 0.1) is 20.8 Å². The molecule has 0 fully saturated rings. The smallest absolute Gasteiger partial charge is 0.244 e. The molecule has 0 aliphatic rings. The zero-order valence-electron chi connectivity index (χ0n) is 16.9. The minimum absolute atomic E-state index is 0.109. The van der Waals surface area contributed by atoms with Gasteiger partial charge in [0.2, 0.25) is 11.8 Å². The number of hydrogen-bond acceptors (Lipinski definition) is 4. The van der Waals surface area contributed by atoms with Crippen LogP contribution in [0.25, 0.3) is 6.08 Å². The van der Waals surface area contributed by atoms with Crippen LogP contribution in [0.4, 0.5) is 5.69 Å². The van der Waals surface area contributed by atoms with Gasteiger partial charge in [-0.05, 0) is 55.7 Å². The van der Waals surface area contributed by atoms with Crippen LogP contribution in [0.15, 0.2) is 36.4 Å². The molecule has 2 aromatic rings. The second-order valence-electron chi connectivity index (χ2n) is 6.49. The number of ether oxygens (including phenoxy) is 2. The highest BCUT2D eigenvalue weighted by atomic mass is 16.5. The molecule has 2 N–H and O–H groups in total. The second kappa shape index (κ2) is 9.60.